The van der Waals surface area contributed by atoms with E-state index in [1.165, 1.54) is 32.6 Å². The van der Waals surface area contributed by atoms with E-state index in [4.69, 9.17) is 19.4 Å². The summed E-state index contributed by atoms with van der Waals surface area (Å²) in [5, 5.41) is 9.22. The summed E-state index contributed by atoms with van der Waals surface area (Å²) >= 11 is 0. The zero-order valence-corrected chi connectivity index (χ0v) is 37.5. The fourth-order valence-corrected chi connectivity index (χ4v) is 11.1. The van der Waals surface area contributed by atoms with Crippen molar-refractivity contribution in [2.45, 2.75) is 0 Å². The van der Waals surface area contributed by atoms with Crippen LogP contribution in [0.4, 0.5) is 0 Å². The Morgan fingerprint density at radius 1 is 0.300 bits per heavy atom. The molecule has 15 rings (SSSR count). The SMILES string of the molecule is c1ccc(-c2cccc3oc4cc(-c5nc(-c6ccc(-n7c8ccccc8c8ccc9c%10ccccc%10n(-c%10ccccc%10)c9c87)cc6)nc(-n6c7ccccc7c7ccccc76)n5)ccc4c23)cc1. The average Bonchev–Trinajstić information content (AvgIpc) is 4.18. The van der Waals surface area contributed by atoms with Gasteiger partial charge in [0.25, 0.3) is 0 Å². The maximum absolute atomic E-state index is 6.62. The topological polar surface area (TPSA) is 66.6 Å². The first-order valence-electron chi connectivity index (χ1n) is 23.6. The molecule has 10 aromatic carbocycles. The molecule has 70 heavy (non-hydrogen) atoms. The van der Waals surface area contributed by atoms with Crippen molar-refractivity contribution in [2.75, 3.05) is 0 Å². The van der Waals surface area contributed by atoms with E-state index in [0.29, 0.717) is 17.6 Å². The zero-order valence-electron chi connectivity index (χ0n) is 37.5. The first-order chi connectivity index (χ1) is 34.7. The molecule has 0 saturated carbocycles. The molecule has 7 nitrogen and oxygen atoms in total. The van der Waals surface area contributed by atoms with Gasteiger partial charge in [-0.05, 0) is 90.0 Å². The van der Waals surface area contributed by atoms with Crippen LogP contribution in [0.5, 0.6) is 0 Å². The Morgan fingerprint density at radius 2 is 0.771 bits per heavy atom. The Labute approximate surface area is 400 Å². The third-order valence-electron chi connectivity index (χ3n) is 14.1. The molecule has 0 radical (unpaired) electrons. The van der Waals surface area contributed by atoms with E-state index in [0.717, 1.165) is 88.4 Å². The zero-order chi connectivity index (χ0) is 45.9. The van der Waals surface area contributed by atoms with Gasteiger partial charge in [0.2, 0.25) is 5.95 Å². The quantitative estimate of drug-likeness (QED) is 0.167. The highest BCUT2D eigenvalue weighted by Gasteiger charge is 2.23. The molecule has 7 heteroatoms. The Bertz CT molecular complexity index is 4530. The summed E-state index contributed by atoms with van der Waals surface area (Å²) in [6.45, 7) is 0. The number of hydrogen-bond donors (Lipinski definition) is 0. The molecule has 15 aromatic rings. The molecule has 0 aliphatic carbocycles. The minimum absolute atomic E-state index is 0.538. The second kappa shape index (κ2) is 15.0. The van der Waals surface area contributed by atoms with Gasteiger partial charge in [0, 0.05) is 65.6 Å². The van der Waals surface area contributed by atoms with Gasteiger partial charge in [-0.2, -0.15) is 9.97 Å². The molecule has 0 aliphatic heterocycles. The van der Waals surface area contributed by atoms with Crippen molar-refractivity contribution in [2.24, 2.45) is 0 Å². The Hall–Kier alpha value is -9.59. The molecule has 0 amide bonds. The first kappa shape index (κ1) is 38.5. The van der Waals surface area contributed by atoms with Crippen LogP contribution in [-0.2, 0) is 0 Å². The number of aromatic nitrogens is 6. The summed E-state index contributed by atoms with van der Waals surface area (Å²) in [7, 11) is 0. The second-order valence-electron chi connectivity index (χ2n) is 18.0. The van der Waals surface area contributed by atoms with E-state index in [-0.39, 0.29) is 0 Å². The minimum Gasteiger partial charge on any atom is -0.456 e. The molecule has 0 bridgehead atoms. The largest absolute Gasteiger partial charge is 0.456 e. The fourth-order valence-electron chi connectivity index (χ4n) is 11.1. The molecular weight excluding hydrogens is 857 g/mol. The molecule has 0 atom stereocenters. The van der Waals surface area contributed by atoms with Gasteiger partial charge in [-0.3, -0.25) is 4.57 Å². The summed E-state index contributed by atoms with van der Waals surface area (Å²) in [6.07, 6.45) is 0. The van der Waals surface area contributed by atoms with Gasteiger partial charge >= 0.3 is 0 Å². The fraction of sp³-hybridized carbons (Fsp3) is 0. The molecule has 0 N–H and O–H groups in total. The van der Waals surface area contributed by atoms with Crippen molar-refractivity contribution in [3.05, 3.63) is 231 Å². The number of fused-ring (bicyclic) bond motifs is 13. The summed E-state index contributed by atoms with van der Waals surface area (Å²) in [4.78, 5) is 15.9. The van der Waals surface area contributed by atoms with Gasteiger partial charge in [0.1, 0.15) is 11.2 Å². The number of rotatable bonds is 6. The average molecular weight is 895 g/mol. The highest BCUT2D eigenvalue weighted by atomic mass is 16.3. The predicted molar refractivity (Wildman–Crippen MR) is 286 cm³/mol. The molecule has 0 aliphatic rings. The van der Waals surface area contributed by atoms with Crippen LogP contribution in [0.25, 0.3) is 139 Å². The number of nitrogens with zero attached hydrogens (tertiary/aromatic N) is 6. The van der Waals surface area contributed by atoms with Gasteiger partial charge in [-0.1, -0.05) is 152 Å². The number of furan rings is 1. The number of benzene rings is 10. The number of hydrogen-bond acceptors (Lipinski definition) is 4. The molecular formula is C63H38N6O. The van der Waals surface area contributed by atoms with Crippen LogP contribution >= 0.6 is 0 Å². The van der Waals surface area contributed by atoms with Crippen LogP contribution in [0.15, 0.2) is 235 Å². The van der Waals surface area contributed by atoms with Gasteiger partial charge in [-0.15, -0.1) is 0 Å². The lowest BCUT2D eigenvalue weighted by atomic mass is 9.99. The maximum atomic E-state index is 6.62. The highest BCUT2D eigenvalue weighted by Crippen LogP contribution is 2.43. The third kappa shape index (κ3) is 5.66. The van der Waals surface area contributed by atoms with E-state index >= 15 is 0 Å². The summed E-state index contributed by atoms with van der Waals surface area (Å²) in [5.74, 6) is 1.66. The Balaban J connectivity index is 0.939. The van der Waals surface area contributed by atoms with Gasteiger partial charge < -0.3 is 13.6 Å². The van der Waals surface area contributed by atoms with Crippen LogP contribution in [0.1, 0.15) is 0 Å². The molecule has 5 heterocycles. The molecule has 5 aromatic heterocycles. The van der Waals surface area contributed by atoms with E-state index < -0.39 is 0 Å². The summed E-state index contributed by atoms with van der Waals surface area (Å²) < 4.78 is 13.6. The monoisotopic (exact) mass is 894 g/mol. The summed E-state index contributed by atoms with van der Waals surface area (Å²) in [6, 6.07) is 81.4. The van der Waals surface area contributed by atoms with Crippen molar-refractivity contribution in [1.82, 2.24) is 28.7 Å². The van der Waals surface area contributed by atoms with Crippen LogP contribution in [0, 0.1) is 0 Å². The van der Waals surface area contributed by atoms with Gasteiger partial charge in [-0.25, -0.2) is 4.98 Å². The first-order valence-corrected chi connectivity index (χ1v) is 23.6. The molecule has 0 unspecified atom stereocenters. The predicted octanol–water partition coefficient (Wildman–Crippen LogP) is 16.1. The standard InChI is InChI=1S/C63H38N6O/c1-3-16-39(17-4-1)44-24-15-29-56-58(44)51-35-32-41(38-57(51)70-56)62-64-61(65-63(66-62)69-54-27-13-7-20-45(54)46-21-8-14-28-55(46)69)40-30-33-43(34-31-40)68-53-26-12-10-23-48(53)50-37-36-49-47-22-9-11-25-52(47)67(59(49)60(50)68)42-18-5-2-6-19-42/h1-38H. The van der Waals surface area contributed by atoms with Crippen LogP contribution in [-0.4, -0.2) is 28.7 Å². The Morgan fingerprint density at radius 3 is 1.37 bits per heavy atom. The minimum atomic E-state index is 0.538. The third-order valence-corrected chi connectivity index (χ3v) is 14.1. The van der Waals surface area contributed by atoms with Crippen molar-refractivity contribution >= 4 is 87.4 Å². The van der Waals surface area contributed by atoms with E-state index in [2.05, 4.69) is 232 Å². The molecule has 0 fully saturated rings. The lowest BCUT2D eigenvalue weighted by Crippen LogP contribution is -2.06. The van der Waals surface area contributed by atoms with Crippen LogP contribution in [0.2, 0.25) is 0 Å². The Kier molecular flexibility index (Phi) is 8.23. The van der Waals surface area contributed by atoms with Gasteiger partial charge in [0.15, 0.2) is 11.6 Å². The van der Waals surface area contributed by atoms with E-state index in [9.17, 15) is 0 Å². The van der Waals surface area contributed by atoms with Gasteiger partial charge in [0.05, 0.1) is 33.1 Å². The van der Waals surface area contributed by atoms with E-state index in [1.807, 2.05) is 12.1 Å². The maximum Gasteiger partial charge on any atom is 0.238 e. The normalized spacial score (nSPS) is 12.0. The summed E-state index contributed by atoms with van der Waals surface area (Å²) in [5.41, 5.74) is 14.4. The lowest BCUT2D eigenvalue weighted by molar-refractivity contribution is 0.669. The van der Waals surface area contributed by atoms with E-state index in [1.54, 1.807) is 0 Å². The van der Waals surface area contributed by atoms with Crippen LogP contribution in [0.3, 0.4) is 0 Å². The number of para-hydroxylation sites is 5. The van der Waals surface area contributed by atoms with Crippen molar-refractivity contribution in [3.63, 3.8) is 0 Å². The molecule has 0 saturated heterocycles. The van der Waals surface area contributed by atoms with Crippen molar-refractivity contribution in [1.29, 1.82) is 0 Å². The lowest BCUT2D eigenvalue weighted by Gasteiger charge is -2.13. The molecule has 326 valence electrons. The molecule has 0 spiro atoms. The van der Waals surface area contributed by atoms with Crippen LogP contribution < -0.4 is 0 Å². The smallest absolute Gasteiger partial charge is 0.238 e. The highest BCUT2D eigenvalue weighted by molar-refractivity contribution is 6.24. The van der Waals surface area contributed by atoms with Crippen molar-refractivity contribution in [3.8, 4) is 51.2 Å². The second-order valence-corrected chi connectivity index (χ2v) is 18.0. The van der Waals surface area contributed by atoms with Crippen molar-refractivity contribution < 1.29 is 4.42 Å².